The molecule has 1 amide bonds. The molecule has 0 saturated heterocycles. The van der Waals surface area contributed by atoms with E-state index in [9.17, 15) is 4.79 Å². The zero-order valence-electron chi connectivity index (χ0n) is 11.5. The zero-order chi connectivity index (χ0) is 13.8. The van der Waals surface area contributed by atoms with Crippen LogP contribution >= 0.6 is 33.9 Å². The molecule has 19 heavy (non-hydrogen) atoms. The second-order valence-electron chi connectivity index (χ2n) is 4.82. The summed E-state index contributed by atoms with van der Waals surface area (Å²) in [6.45, 7) is 6.10. The van der Waals surface area contributed by atoms with Crippen molar-refractivity contribution in [3.63, 3.8) is 0 Å². The summed E-state index contributed by atoms with van der Waals surface area (Å²) < 4.78 is 1.35. The van der Waals surface area contributed by atoms with Gasteiger partial charge in [-0.2, -0.15) is 0 Å². The van der Waals surface area contributed by atoms with Crippen molar-refractivity contribution < 1.29 is 4.79 Å². The average Bonchev–Trinajstić information content (AvgIpc) is 2.78. The molecule has 0 saturated carbocycles. The number of thiophene rings is 1. The Balaban J connectivity index is 1.96. The average molecular weight is 392 g/mol. The van der Waals surface area contributed by atoms with E-state index in [1.54, 1.807) is 0 Å². The van der Waals surface area contributed by atoms with Gasteiger partial charge in [-0.3, -0.25) is 4.79 Å². The van der Waals surface area contributed by atoms with Crippen LogP contribution in [0.15, 0.2) is 6.07 Å². The smallest absolute Gasteiger partial charge is 0.236 e. The monoisotopic (exact) mass is 392 g/mol. The van der Waals surface area contributed by atoms with Gasteiger partial charge < -0.3 is 10.2 Å². The summed E-state index contributed by atoms with van der Waals surface area (Å²) in [5.74, 6) is 0.210. The topological polar surface area (TPSA) is 32.3 Å². The van der Waals surface area contributed by atoms with Gasteiger partial charge in [0.05, 0.1) is 9.43 Å². The van der Waals surface area contributed by atoms with E-state index < -0.39 is 0 Å². The molecule has 0 radical (unpaired) electrons. The Morgan fingerprint density at radius 3 is 2.95 bits per heavy atom. The second kappa shape index (κ2) is 7.04. The van der Waals surface area contributed by atoms with E-state index in [1.165, 1.54) is 26.2 Å². The first-order valence-electron chi connectivity index (χ1n) is 6.95. The zero-order valence-corrected chi connectivity index (χ0v) is 14.5. The second-order valence-corrected chi connectivity index (χ2v) is 7.85. The van der Waals surface area contributed by atoms with Gasteiger partial charge in [0.25, 0.3) is 0 Å². The maximum atomic E-state index is 12.0. The number of carbonyl (C=O) groups excluding carboxylic acids is 1. The van der Waals surface area contributed by atoms with Crippen LogP contribution in [0.1, 0.15) is 43.2 Å². The van der Waals surface area contributed by atoms with Crippen LogP contribution in [0, 0.1) is 2.88 Å². The number of nitrogens with one attached hydrogen (secondary N) is 1. The summed E-state index contributed by atoms with van der Waals surface area (Å²) in [5.41, 5.74) is 1.42. The van der Waals surface area contributed by atoms with E-state index >= 15 is 0 Å². The van der Waals surface area contributed by atoms with Gasteiger partial charge in [-0.25, -0.2) is 0 Å². The molecule has 0 spiro atoms. The van der Waals surface area contributed by atoms with Crippen LogP contribution in [-0.2, 0) is 11.2 Å². The largest absolute Gasteiger partial charge is 0.342 e. The van der Waals surface area contributed by atoms with E-state index in [0.29, 0.717) is 12.6 Å². The van der Waals surface area contributed by atoms with Crippen LogP contribution < -0.4 is 5.32 Å². The SMILES string of the molecule is CCN(CC)C(=O)CNC1CCCc2sc(I)cc21. The third kappa shape index (κ3) is 3.70. The molecular formula is C14H21IN2OS. The van der Waals surface area contributed by atoms with Crippen molar-refractivity contribution in [2.75, 3.05) is 19.6 Å². The van der Waals surface area contributed by atoms with Gasteiger partial charge in [0.2, 0.25) is 5.91 Å². The predicted molar refractivity (Wildman–Crippen MR) is 88.6 cm³/mol. The fraction of sp³-hybridized carbons (Fsp3) is 0.643. The van der Waals surface area contributed by atoms with Crippen molar-refractivity contribution >= 4 is 39.8 Å². The molecular weight excluding hydrogens is 371 g/mol. The Labute approximate surface area is 132 Å². The minimum atomic E-state index is 0.210. The van der Waals surface area contributed by atoms with Crippen LogP contribution in [-0.4, -0.2) is 30.4 Å². The summed E-state index contributed by atoms with van der Waals surface area (Å²) in [6.07, 6.45) is 3.57. The van der Waals surface area contributed by atoms with E-state index in [4.69, 9.17) is 0 Å². The summed E-state index contributed by atoms with van der Waals surface area (Å²) >= 11 is 4.29. The minimum Gasteiger partial charge on any atom is -0.342 e. The lowest BCUT2D eigenvalue weighted by molar-refractivity contribution is -0.130. The molecule has 1 heterocycles. The summed E-state index contributed by atoms with van der Waals surface area (Å²) in [4.78, 5) is 15.4. The van der Waals surface area contributed by atoms with Crippen LogP contribution in [0.4, 0.5) is 0 Å². The molecule has 1 aliphatic carbocycles. The van der Waals surface area contributed by atoms with E-state index in [1.807, 2.05) is 30.1 Å². The third-order valence-electron chi connectivity index (χ3n) is 3.70. The Morgan fingerprint density at radius 2 is 2.26 bits per heavy atom. The first-order valence-corrected chi connectivity index (χ1v) is 8.84. The normalized spacial score (nSPS) is 18.2. The number of nitrogens with zero attached hydrogens (tertiary/aromatic N) is 1. The summed E-state index contributed by atoms with van der Waals surface area (Å²) in [7, 11) is 0. The van der Waals surface area contributed by atoms with Crippen LogP contribution in [0.5, 0.6) is 0 Å². The quantitative estimate of drug-likeness (QED) is 0.781. The molecule has 1 N–H and O–H groups in total. The fourth-order valence-electron chi connectivity index (χ4n) is 2.63. The van der Waals surface area contributed by atoms with Crippen LogP contribution in [0.25, 0.3) is 0 Å². The lowest BCUT2D eigenvalue weighted by Crippen LogP contribution is -2.39. The fourth-order valence-corrected chi connectivity index (χ4v) is 4.75. The number of hydrogen-bond acceptors (Lipinski definition) is 3. The van der Waals surface area contributed by atoms with Gasteiger partial charge in [-0.15, -0.1) is 11.3 Å². The molecule has 1 aromatic rings. The number of fused-ring (bicyclic) bond motifs is 1. The van der Waals surface area contributed by atoms with Gasteiger partial charge in [-0.1, -0.05) is 0 Å². The van der Waals surface area contributed by atoms with E-state index in [-0.39, 0.29) is 5.91 Å². The number of aryl methyl sites for hydroxylation is 1. The molecule has 2 rings (SSSR count). The molecule has 0 fully saturated rings. The van der Waals surface area contributed by atoms with Crippen LogP contribution in [0.3, 0.4) is 0 Å². The Hall–Kier alpha value is -0.140. The first-order chi connectivity index (χ1) is 9.15. The predicted octanol–water partition coefficient (Wildman–Crippen LogP) is 3.19. The van der Waals surface area contributed by atoms with Crippen molar-refractivity contribution in [2.24, 2.45) is 0 Å². The number of carbonyl (C=O) groups is 1. The highest BCUT2D eigenvalue weighted by Gasteiger charge is 2.23. The van der Waals surface area contributed by atoms with Crippen molar-refractivity contribution in [1.82, 2.24) is 10.2 Å². The number of halogens is 1. The van der Waals surface area contributed by atoms with Crippen molar-refractivity contribution in [2.45, 2.75) is 39.2 Å². The lowest BCUT2D eigenvalue weighted by atomic mass is 9.94. The maximum absolute atomic E-state index is 12.0. The lowest BCUT2D eigenvalue weighted by Gasteiger charge is -2.25. The highest BCUT2D eigenvalue weighted by Crippen LogP contribution is 2.36. The minimum absolute atomic E-state index is 0.210. The van der Waals surface area contributed by atoms with Crippen molar-refractivity contribution in [3.8, 4) is 0 Å². The molecule has 0 bridgehead atoms. The number of hydrogen-bond donors (Lipinski definition) is 1. The number of likely N-dealkylation sites (N-methyl/N-ethyl adjacent to an activating group) is 1. The van der Waals surface area contributed by atoms with Gasteiger partial charge in [0.15, 0.2) is 0 Å². The van der Waals surface area contributed by atoms with E-state index in [0.717, 1.165) is 19.5 Å². The molecule has 1 atom stereocenters. The van der Waals surface area contributed by atoms with Crippen molar-refractivity contribution in [1.29, 1.82) is 0 Å². The molecule has 3 nitrogen and oxygen atoms in total. The first kappa shape index (κ1) is 15.3. The summed E-state index contributed by atoms with van der Waals surface area (Å²) in [5, 5.41) is 3.45. The molecule has 0 aromatic carbocycles. The number of rotatable bonds is 5. The maximum Gasteiger partial charge on any atom is 0.236 e. The summed E-state index contributed by atoms with van der Waals surface area (Å²) in [6, 6.07) is 2.64. The standard InChI is InChI=1S/C14H21IN2OS/c1-3-17(4-2)14(18)9-16-11-6-5-7-12-10(11)8-13(15)19-12/h8,11,16H,3-7,9H2,1-2H3. The molecule has 1 aromatic heterocycles. The van der Waals surface area contributed by atoms with Gasteiger partial charge in [0, 0.05) is 24.0 Å². The van der Waals surface area contributed by atoms with E-state index in [2.05, 4.69) is 34.0 Å². The third-order valence-corrected chi connectivity index (χ3v) is 5.67. The van der Waals surface area contributed by atoms with Crippen molar-refractivity contribution in [3.05, 3.63) is 19.4 Å². The molecule has 1 unspecified atom stereocenters. The van der Waals surface area contributed by atoms with Gasteiger partial charge in [-0.05, 0) is 67.3 Å². The molecule has 0 aliphatic heterocycles. The highest BCUT2D eigenvalue weighted by atomic mass is 127. The molecule has 5 heteroatoms. The van der Waals surface area contributed by atoms with Gasteiger partial charge in [0.1, 0.15) is 0 Å². The molecule has 106 valence electrons. The Bertz CT molecular complexity index is 443. The van der Waals surface area contributed by atoms with Gasteiger partial charge >= 0.3 is 0 Å². The number of amides is 1. The highest BCUT2D eigenvalue weighted by molar-refractivity contribution is 14.1. The Kier molecular flexibility index (Phi) is 5.65. The Morgan fingerprint density at radius 1 is 1.53 bits per heavy atom. The van der Waals surface area contributed by atoms with Crippen LogP contribution in [0.2, 0.25) is 0 Å². The molecule has 1 aliphatic rings.